The van der Waals surface area contributed by atoms with E-state index >= 15 is 0 Å². The summed E-state index contributed by atoms with van der Waals surface area (Å²) in [7, 11) is -3.13. The van der Waals surface area contributed by atoms with E-state index in [2.05, 4.69) is 19.2 Å². The van der Waals surface area contributed by atoms with Crippen molar-refractivity contribution in [2.45, 2.75) is 18.7 Å². The second-order valence-corrected chi connectivity index (χ2v) is 6.71. The SMILES string of the molecule is CC(C)CNCCOc1ccc(S(C)(=O)=O)cc1. The lowest BCUT2D eigenvalue weighted by Crippen LogP contribution is -2.24. The van der Waals surface area contributed by atoms with E-state index in [-0.39, 0.29) is 0 Å². The molecule has 18 heavy (non-hydrogen) atoms. The van der Waals surface area contributed by atoms with Crippen LogP contribution in [0.5, 0.6) is 5.75 Å². The summed E-state index contributed by atoms with van der Waals surface area (Å²) in [5.74, 6) is 1.31. The number of nitrogens with one attached hydrogen (secondary N) is 1. The molecule has 1 aromatic rings. The number of hydrogen-bond donors (Lipinski definition) is 1. The minimum absolute atomic E-state index is 0.313. The van der Waals surface area contributed by atoms with Gasteiger partial charge in [0.2, 0.25) is 0 Å². The zero-order valence-corrected chi connectivity index (χ0v) is 12.0. The molecule has 0 aliphatic carbocycles. The molecule has 0 saturated heterocycles. The van der Waals surface area contributed by atoms with Crippen molar-refractivity contribution in [2.75, 3.05) is 26.0 Å². The Hall–Kier alpha value is -1.07. The lowest BCUT2D eigenvalue weighted by molar-refractivity contribution is 0.311. The summed E-state index contributed by atoms with van der Waals surface area (Å²) in [6.45, 7) is 6.63. The quantitative estimate of drug-likeness (QED) is 0.767. The molecule has 0 aromatic heterocycles. The predicted molar refractivity (Wildman–Crippen MR) is 72.8 cm³/mol. The van der Waals surface area contributed by atoms with Crippen LogP contribution in [0.1, 0.15) is 13.8 Å². The van der Waals surface area contributed by atoms with E-state index in [9.17, 15) is 8.42 Å². The van der Waals surface area contributed by atoms with Gasteiger partial charge in [-0.2, -0.15) is 0 Å². The van der Waals surface area contributed by atoms with Gasteiger partial charge in [-0.05, 0) is 36.7 Å². The minimum atomic E-state index is -3.13. The summed E-state index contributed by atoms with van der Waals surface area (Å²) in [6.07, 6.45) is 1.19. The third-order valence-corrected chi connectivity index (χ3v) is 3.48. The van der Waals surface area contributed by atoms with Crippen molar-refractivity contribution in [1.29, 1.82) is 0 Å². The number of sulfone groups is 1. The van der Waals surface area contributed by atoms with E-state index in [1.165, 1.54) is 6.26 Å². The first-order valence-corrected chi connectivity index (χ1v) is 7.92. The molecule has 102 valence electrons. The molecule has 5 heteroatoms. The van der Waals surface area contributed by atoms with Crippen LogP contribution in [0.15, 0.2) is 29.2 Å². The molecular weight excluding hydrogens is 250 g/mol. The highest BCUT2D eigenvalue weighted by atomic mass is 32.2. The minimum Gasteiger partial charge on any atom is -0.492 e. The molecule has 0 saturated carbocycles. The molecule has 0 radical (unpaired) electrons. The fraction of sp³-hybridized carbons (Fsp3) is 0.538. The Bertz CT molecular complexity index is 452. The summed E-state index contributed by atoms with van der Waals surface area (Å²) >= 11 is 0. The van der Waals surface area contributed by atoms with Crippen LogP contribution in [0.25, 0.3) is 0 Å². The van der Waals surface area contributed by atoms with Gasteiger partial charge in [-0.1, -0.05) is 13.8 Å². The molecule has 1 N–H and O–H groups in total. The van der Waals surface area contributed by atoms with Crippen molar-refractivity contribution in [1.82, 2.24) is 5.32 Å². The fourth-order valence-electron chi connectivity index (χ4n) is 1.41. The average Bonchev–Trinajstić information content (AvgIpc) is 2.27. The summed E-state index contributed by atoms with van der Waals surface area (Å²) < 4.78 is 28.0. The first-order valence-electron chi connectivity index (χ1n) is 6.03. The summed E-state index contributed by atoms with van der Waals surface area (Å²) in [6, 6.07) is 6.48. The third kappa shape index (κ3) is 5.51. The van der Waals surface area contributed by atoms with Crippen molar-refractivity contribution >= 4 is 9.84 Å². The molecule has 0 amide bonds. The van der Waals surface area contributed by atoms with Gasteiger partial charge in [0, 0.05) is 12.8 Å². The Morgan fingerprint density at radius 1 is 1.22 bits per heavy atom. The topological polar surface area (TPSA) is 55.4 Å². The molecule has 0 aliphatic heterocycles. The molecule has 0 spiro atoms. The van der Waals surface area contributed by atoms with Crippen molar-refractivity contribution in [3.8, 4) is 5.75 Å². The summed E-state index contributed by atoms with van der Waals surface area (Å²) in [5.41, 5.74) is 0. The standard InChI is InChI=1S/C13H21NO3S/c1-11(2)10-14-8-9-17-12-4-6-13(7-5-12)18(3,15)16/h4-7,11,14H,8-10H2,1-3H3. The van der Waals surface area contributed by atoms with Crippen LogP contribution < -0.4 is 10.1 Å². The number of benzene rings is 1. The first-order chi connectivity index (χ1) is 8.39. The van der Waals surface area contributed by atoms with Crippen molar-refractivity contribution in [3.63, 3.8) is 0 Å². The maximum Gasteiger partial charge on any atom is 0.175 e. The van der Waals surface area contributed by atoms with Crippen LogP contribution in [-0.2, 0) is 9.84 Å². The molecule has 0 bridgehead atoms. The zero-order chi connectivity index (χ0) is 13.6. The second kappa shape index (κ2) is 6.75. The monoisotopic (exact) mass is 271 g/mol. The van der Waals surface area contributed by atoms with E-state index in [4.69, 9.17) is 4.74 Å². The average molecular weight is 271 g/mol. The molecule has 1 rings (SSSR count). The van der Waals surface area contributed by atoms with Gasteiger partial charge < -0.3 is 10.1 Å². The molecule has 4 nitrogen and oxygen atoms in total. The van der Waals surface area contributed by atoms with Gasteiger partial charge in [0.15, 0.2) is 9.84 Å². The van der Waals surface area contributed by atoms with Crippen molar-refractivity contribution in [3.05, 3.63) is 24.3 Å². The largest absolute Gasteiger partial charge is 0.492 e. The molecule has 0 heterocycles. The van der Waals surface area contributed by atoms with E-state index in [1.54, 1.807) is 24.3 Å². The third-order valence-electron chi connectivity index (χ3n) is 2.35. The summed E-state index contributed by atoms with van der Waals surface area (Å²) in [4.78, 5) is 0.313. The Kier molecular flexibility index (Phi) is 5.62. The highest BCUT2D eigenvalue weighted by molar-refractivity contribution is 7.90. The van der Waals surface area contributed by atoms with Gasteiger partial charge in [-0.15, -0.1) is 0 Å². The van der Waals surface area contributed by atoms with Crippen LogP contribution in [0.4, 0.5) is 0 Å². The van der Waals surface area contributed by atoms with E-state index in [0.29, 0.717) is 23.2 Å². The van der Waals surface area contributed by atoms with Gasteiger partial charge in [0.25, 0.3) is 0 Å². The van der Waals surface area contributed by atoms with Gasteiger partial charge in [-0.3, -0.25) is 0 Å². The summed E-state index contributed by atoms with van der Waals surface area (Å²) in [5, 5.41) is 3.27. The Morgan fingerprint density at radius 3 is 2.33 bits per heavy atom. The van der Waals surface area contributed by atoms with Crippen LogP contribution >= 0.6 is 0 Å². The Labute approximate surface area is 109 Å². The number of hydrogen-bond acceptors (Lipinski definition) is 4. The normalized spacial score (nSPS) is 11.8. The highest BCUT2D eigenvalue weighted by Crippen LogP contribution is 2.15. The number of rotatable bonds is 7. The molecule has 0 unspecified atom stereocenters. The molecule has 1 aromatic carbocycles. The van der Waals surface area contributed by atoms with Gasteiger partial charge in [-0.25, -0.2) is 8.42 Å². The van der Waals surface area contributed by atoms with Crippen LogP contribution in [0.2, 0.25) is 0 Å². The van der Waals surface area contributed by atoms with Gasteiger partial charge in [0.1, 0.15) is 12.4 Å². The molecule has 0 aliphatic rings. The van der Waals surface area contributed by atoms with Gasteiger partial charge >= 0.3 is 0 Å². The Balaban J connectivity index is 2.36. The van der Waals surface area contributed by atoms with Crippen molar-refractivity contribution < 1.29 is 13.2 Å². The maximum atomic E-state index is 11.3. The lowest BCUT2D eigenvalue weighted by Gasteiger charge is -2.09. The Morgan fingerprint density at radius 2 is 1.83 bits per heavy atom. The molecule has 0 fully saturated rings. The molecular formula is C13H21NO3S. The van der Waals surface area contributed by atoms with Gasteiger partial charge in [0.05, 0.1) is 4.90 Å². The maximum absolute atomic E-state index is 11.3. The van der Waals surface area contributed by atoms with E-state index < -0.39 is 9.84 Å². The number of ether oxygens (including phenoxy) is 1. The second-order valence-electron chi connectivity index (χ2n) is 4.69. The van der Waals surface area contributed by atoms with Crippen molar-refractivity contribution in [2.24, 2.45) is 5.92 Å². The van der Waals surface area contributed by atoms with Crippen LogP contribution in [0.3, 0.4) is 0 Å². The fourth-order valence-corrected chi connectivity index (χ4v) is 2.05. The van der Waals surface area contributed by atoms with Crippen LogP contribution in [-0.4, -0.2) is 34.4 Å². The lowest BCUT2D eigenvalue weighted by atomic mass is 10.2. The predicted octanol–water partition coefficient (Wildman–Crippen LogP) is 1.71. The smallest absolute Gasteiger partial charge is 0.175 e. The van der Waals surface area contributed by atoms with Crippen LogP contribution in [0, 0.1) is 5.92 Å². The molecule has 0 atom stereocenters. The zero-order valence-electron chi connectivity index (χ0n) is 11.1. The first kappa shape index (κ1) is 15.0. The highest BCUT2D eigenvalue weighted by Gasteiger charge is 2.06. The van der Waals surface area contributed by atoms with E-state index in [0.717, 1.165) is 13.1 Å². The van der Waals surface area contributed by atoms with E-state index in [1.807, 2.05) is 0 Å².